The normalized spacial score (nSPS) is 11.9. The lowest BCUT2D eigenvalue weighted by molar-refractivity contribution is 0.416. The second kappa shape index (κ2) is 6.83. The zero-order chi connectivity index (χ0) is 13.5. The summed E-state index contributed by atoms with van der Waals surface area (Å²) in [4.78, 5) is 0. The first-order valence-corrected chi connectivity index (χ1v) is 6.73. The molecule has 0 spiro atoms. The first-order chi connectivity index (χ1) is 9.29. The van der Waals surface area contributed by atoms with E-state index in [-0.39, 0.29) is 0 Å². The molecule has 0 saturated heterocycles. The van der Waals surface area contributed by atoms with E-state index in [0.717, 1.165) is 24.3 Å². The number of nitrogens with one attached hydrogen (secondary N) is 1. The molecule has 0 amide bonds. The van der Waals surface area contributed by atoms with Gasteiger partial charge in [0.05, 0.1) is 12.8 Å². The molecule has 2 nitrogen and oxygen atoms in total. The third-order valence-electron chi connectivity index (χ3n) is 3.22. The second-order valence-corrected chi connectivity index (χ2v) is 4.77. The maximum absolute atomic E-state index is 5.35. The summed E-state index contributed by atoms with van der Waals surface area (Å²) in [5.74, 6) is 0.897. The van der Waals surface area contributed by atoms with Gasteiger partial charge >= 0.3 is 0 Å². The Kier molecular flexibility index (Phi) is 4.85. The van der Waals surface area contributed by atoms with E-state index in [1.165, 1.54) is 5.56 Å². The first kappa shape index (κ1) is 13.5. The summed E-state index contributed by atoms with van der Waals surface area (Å²) >= 11 is 0. The summed E-state index contributed by atoms with van der Waals surface area (Å²) in [7, 11) is 1.70. The molecule has 0 radical (unpaired) electrons. The van der Waals surface area contributed by atoms with Crippen LogP contribution in [0.15, 0.2) is 54.6 Å². The van der Waals surface area contributed by atoms with Crippen LogP contribution in [-0.4, -0.2) is 13.2 Å². The molecule has 0 aliphatic rings. The molecule has 0 aromatic heterocycles. The van der Waals surface area contributed by atoms with Gasteiger partial charge in [-0.15, -0.1) is 0 Å². The van der Waals surface area contributed by atoms with Gasteiger partial charge in [0, 0.05) is 6.04 Å². The minimum Gasteiger partial charge on any atom is -0.495 e. The number of anilines is 1. The Labute approximate surface area is 115 Å². The van der Waals surface area contributed by atoms with Crippen molar-refractivity contribution < 1.29 is 4.74 Å². The Morgan fingerprint density at radius 3 is 2.42 bits per heavy atom. The van der Waals surface area contributed by atoms with Gasteiger partial charge in [-0.3, -0.25) is 0 Å². The van der Waals surface area contributed by atoms with Gasteiger partial charge in [-0.25, -0.2) is 0 Å². The van der Waals surface area contributed by atoms with Crippen LogP contribution >= 0.6 is 0 Å². The van der Waals surface area contributed by atoms with E-state index in [2.05, 4.69) is 48.6 Å². The average molecular weight is 255 g/mol. The van der Waals surface area contributed by atoms with Crippen LogP contribution in [0, 0.1) is 0 Å². The summed E-state index contributed by atoms with van der Waals surface area (Å²) in [5, 5.41) is 3.51. The zero-order valence-electron chi connectivity index (χ0n) is 11.6. The monoisotopic (exact) mass is 255 g/mol. The number of ether oxygens (including phenoxy) is 1. The fourth-order valence-corrected chi connectivity index (χ4v) is 2.13. The Morgan fingerprint density at radius 2 is 1.68 bits per heavy atom. The number of hydrogen-bond acceptors (Lipinski definition) is 2. The predicted molar refractivity (Wildman–Crippen MR) is 80.8 cm³/mol. The summed E-state index contributed by atoms with van der Waals surface area (Å²) in [6.45, 7) is 2.20. The molecule has 100 valence electrons. The SMILES string of the molecule is COc1ccccc1N[C@@H](C)CCc1ccccc1. The fourth-order valence-electron chi connectivity index (χ4n) is 2.13. The molecule has 2 rings (SSSR count). The Hall–Kier alpha value is -1.96. The van der Waals surface area contributed by atoms with E-state index >= 15 is 0 Å². The van der Waals surface area contributed by atoms with E-state index < -0.39 is 0 Å². The summed E-state index contributed by atoms with van der Waals surface area (Å²) in [6, 6.07) is 19.0. The van der Waals surface area contributed by atoms with E-state index in [1.807, 2.05) is 18.2 Å². The van der Waals surface area contributed by atoms with Crippen molar-refractivity contribution in [2.45, 2.75) is 25.8 Å². The van der Waals surface area contributed by atoms with Crippen molar-refractivity contribution in [2.75, 3.05) is 12.4 Å². The molecular formula is C17H21NO. The summed E-state index contributed by atoms with van der Waals surface area (Å²) in [5.41, 5.74) is 2.45. The van der Waals surface area contributed by atoms with E-state index in [1.54, 1.807) is 7.11 Å². The lowest BCUT2D eigenvalue weighted by Crippen LogP contribution is -2.16. The highest BCUT2D eigenvalue weighted by Gasteiger charge is 2.06. The maximum Gasteiger partial charge on any atom is 0.141 e. The number of rotatable bonds is 6. The number of aryl methyl sites for hydroxylation is 1. The number of hydrogen-bond donors (Lipinski definition) is 1. The second-order valence-electron chi connectivity index (χ2n) is 4.77. The van der Waals surface area contributed by atoms with Crippen LogP contribution < -0.4 is 10.1 Å². The molecule has 0 heterocycles. The summed E-state index contributed by atoms with van der Waals surface area (Å²) < 4.78 is 5.35. The molecule has 0 unspecified atom stereocenters. The molecule has 2 aromatic rings. The van der Waals surface area contributed by atoms with E-state index in [0.29, 0.717) is 6.04 Å². The molecular weight excluding hydrogens is 234 g/mol. The molecule has 0 fully saturated rings. The highest BCUT2D eigenvalue weighted by molar-refractivity contribution is 5.56. The van der Waals surface area contributed by atoms with Crippen molar-refractivity contribution >= 4 is 5.69 Å². The van der Waals surface area contributed by atoms with Crippen molar-refractivity contribution in [3.63, 3.8) is 0 Å². The Bertz CT molecular complexity index is 496. The van der Waals surface area contributed by atoms with Crippen molar-refractivity contribution in [1.29, 1.82) is 0 Å². The van der Waals surface area contributed by atoms with Gasteiger partial charge in [0.2, 0.25) is 0 Å². The zero-order valence-corrected chi connectivity index (χ0v) is 11.6. The van der Waals surface area contributed by atoms with Gasteiger partial charge in [-0.1, -0.05) is 42.5 Å². The molecule has 0 saturated carbocycles. The highest BCUT2D eigenvalue weighted by atomic mass is 16.5. The smallest absolute Gasteiger partial charge is 0.141 e. The van der Waals surface area contributed by atoms with Gasteiger partial charge in [-0.05, 0) is 37.5 Å². The van der Waals surface area contributed by atoms with Crippen LogP contribution in [0.25, 0.3) is 0 Å². The van der Waals surface area contributed by atoms with Gasteiger partial charge in [0.15, 0.2) is 0 Å². The molecule has 2 aromatic carbocycles. The van der Waals surface area contributed by atoms with Crippen LogP contribution in [0.3, 0.4) is 0 Å². The lowest BCUT2D eigenvalue weighted by Gasteiger charge is -2.17. The van der Waals surface area contributed by atoms with Crippen LogP contribution in [0.1, 0.15) is 18.9 Å². The highest BCUT2D eigenvalue weighted by Crippen LogP contribution is 2.24. The van der Waals surface area contributed by atoms with Crippen molar-refractivity contribution in [3.05, 3.63) is 60.2 Å². The fraction of sp³-hybridized carbons (Fsp3) is 0.294. The third-order valence-corrected chi connectivity index (χ3v) is 3.22. The minimum atomic E-state index is 0.413. The summed E-state index contributed by atoms with van der Waals surface area (Å²) in [6.07, 6.45) is 2.19. The van der Waals surface area contributed by atoms with Gasteiger partial charge < -0.3 is 10.1 Å². The van der Waals surface area contributed by atoms with Crippen LogP contribution in [0.4, 0.5) is 5.69 Å². The first-order valence-electron chi connectivity index (χ1n) is 6.73. The molecule has 19 heavy (non-hydrogen) atoms. The lowest BCUT2D eigenvalue weighted by atomic mass is 10.1. The quantitative estimate of drug-likeness (QED) is 0.838. The topological polar surface area (TPSA) is 21.3 Å². The largest absolute Gasteiger partial charge is 0.495 e. The predicted octanol–water partition coefficient (Wildman–Crippen LogP) is 4.13. The van der Waals surface area contributed by atoms with Gasteiger partial charge in [0.25, 0.3) is 0 Å². The van der Waals surface area contributed by atoms with E-state index in [4.69, 9.17) is 4.74 Å². The van der Waals surface area contributed by atoms with Gasteiger partial charge in [-0.2, -0.15) is 0 Å². The number of benzene rings is 2. The van der Waals surface area contributed by atoms with Crippen LogP contribution in [0.5, 0.6) is 5.75 Å². The molecule has 2 heteroatoms. The van der Waals surface area contributed by atoms with Crippen molar-refractivity contribution in [1.82, 2.24) is 0 Å². The molecule has 0 bridgehead atoms. The molecule has 1 atom stereocenters. The Morgan fingerprint density at radius 1 is 1.00 bits per heavy atom. The number of methoxy groups -OCH3 is 1. The van der Waals surface area contributed by atoms with Crippen molar-refractivity contribution in [3.8, 4) is 5.75 Å². The van der Waals surface area contributed by atoms with Crippen molar-refractivity contribution in [2.24, 2.45) is 0 Å². The Balaban J connectivity index is 1.89. The van der Waals surface area contributed by atoms with Gasteiger partial charge in [0.1, 0.15) is 5.75 Å². The molecule has 0 aliphatic heterocycles. The van der Waals surface area contributed by atoms with Crippen LogP contribution in [-0.2, 0) is 6.42 Å². The molecule has 1 N–H and O–H groups in total. The standard InChI is InChI=1S/C17H21NO/c1-14(12-13-15-8-4-3-5-9-15)18-16-10-6-7-11-17(16)19-2/h3-11,14,18H,12-13H2,1-2H3/t14-/m0/s1. The molecule has 0 aliphatic carbocycles. The minimum absolute atomic E-state index is 0.413. The van der Waals surface area contributed by atoms with Crippen LogP contribution in [0.2, 0.25) is 0 Å². The van der Waals surface area contributed by atoms with E-state index in [9.17, 15) is 0 Å². The third kappa shape index (κ3) is 4.02. The maximum atomic E-state index is 5.35. The average Bonchev–Trinajstić information content (AvgIpc) is 2.47. The number of para-hydroxylation sites is 2.